The minimum Gasteiger partial charge on any atom is -0.497 e. The maximum absolute atomic E-state index is 13.0. The second-order valence-corrected chi connectivity index (χ2v) is 6.18. The SMILES string of the molecule is COc1ccc(C2Cn3nnnc3C2NC(=O)Nc2ccc(F)cc2)cc1. The fourth-order valence-corrected chi connectivity index (χ4v) is 3.19. The highest BCUT2D eigenvalue weighted by molar-refractivity contribution is 5.89. The summed E-state index contributed by atoms with van der Waals surface area (Å²) in [6.07, 6.45) is 0. The first kappa shape index (κ1) is 17.0. The quantitative estimate of drug-likeness (QED) is 0.738. The van der Waals surface area contributed by atoms with Gasteiger partial charge in [-0.25, -0.2) is 13.9 Å². The lowest BCUT2D eigenvalue weighted by Gasteiger charge is -2.20. The number of tetrazole rings is 1. The van der Waals surface area contributed by atoms with Gasteiger partial charge in [0, 0.05) is 11.6 Å². The lowest BCUT2D eigenvalue weighted by molar-refractivity contribution is 0.247. The number of amides is 2. The number of methoxy groups -OCH3 is 1. The van der Waals surface area contributed by atoms with Crippen molar-refractivity contribution in [1.82, 2.24) is 25.5 Å². The van der Waals surface area contributed by atoms with Crippen molar-refractivity contribution in [2.75, 3.05) is 12.4 Å². The molecule has 1 aliphatic heterocycles. The van der Waals surface area contributed by atoms with Crippen molar-refractivity contribution in [1.29, 1.82) is 0 Å². The van der Waals surface area contributed by atoms with Gasteiger partial charge in [0.1, 0.15) is 17.6 Å². The van der Waals surface area contributed by atoms with Crippen LogP contribution in [0.1, 0.15) is 23.3 Å². The predicted octanol–water partition coefficient (Wildman–Crippen LogP) is 2.48. The molecule has 2 atom stereocenters. The van der Waals surface area contributed by atoms with E-state index in [1.54, 1.807) is 11.8 Å². The van der Waals surface area contributed by atoms with E-state index in [2.05, 4.69) is 26.2 Å². The fourth-order valence-electron chi connectivity index (χ4n) is 3.19. The Morgan fingerprint density at radius 2 is 1.93 bits per heavy atom. The fraction of sp³-hybridized carbons (Fsp3) is 0.222. The number of aromatic nitrogens is 4. The van der Waals surface area contributed by atoms with E-state index in [4.69, 9.17) is 4.74 Å². The van der Waals surface area contributed by atoms with Crippen LogP contribution in [0.2, 0.25) is 0 Å². The molecular formula is C18H17FN6O2. The number of anilines is 1. The van der Waals surface area contributed by atoms with Gasteiger partial charge in [0.2, 0.25) is 0 Å². The minimum absolute atomic E-state index is 0.0483. The third kappa shape index (κ3) is 3.43. The number of benzene rings is 2. The number of carbonyl (C=O) groups is 1. The van der Waals surface area contributed by atoms with Crippen LogP contribution in [0.5, 0.6) is 5.75 Å². The summed E-state index contributed by atoms with van der Waals surface area (Å²) in [6, 6.07) is 12.4. The molecule has 0 radical (unpaired) electrons. The lowest BCUT2D eigenvalue weighted by Crippen LogP contribution is -2.34. The third-order valence-corrected chi connectivity index (χ3v) is 4.54. The van der Waals surface area contributed by atoms with Gasteiger partial charge in [0.25, 0.3) is 0 Å². The largest absolute Gasteiger partial charge is 0.497 e. The molecule has 1 aliphatic rings. The van der Waals surface area contributed by atoms with Crippen molar-refractivity contribution >= 4 is 11.7 Å². The number of rotatable bonds is 4. The molecular weight excluding hydrogens is 351 g/mol. The number of halogens is 1. The maximum Gasteiger partial charge on any atom is 0.319 e. The van der Waals surface area contributed by atoms with Gasteiger partial charge in [-0.1, -0.05) is 12.1 Å². The van der Waals surface area contributed by atoms with Crippen LogP contribution in [-0.4, -0.2) is 33.3 Å². The van der Waals surface area contributed by atoms with Crippen LogP contribution in [0.25, 0.3) is 0 Å². The second-order valence-electron chi connectivity index (χ2n) is 6.18. The van der Waals surface area contributed by atoms with Gasteiger partial charge >= 0.3 is 6.03 Å². The molecule has 0 spiro atoms. The first-order valence-corrected chi connectivity index (χ1v) is 8.37. The van der Waals surface area contributed by atoms with Crippen LogP contribution >= 0.6 is 0 Å². The molecule has 2 aromatic carbocycles. The maximum atomic E-state index is 13.0. The highest BCUT2D eigenvalue weighted by atomic mass is 19.1. The number of nitrogens with one attached hydrogen (secondary N) is 2. The number of fused-ring (bicyclic) bond motifs is 1. The number of carbonyl (C=O) groups excluding carboxylic acids is 1. The molecule has 2 N–H and O–H groups in total. The van der Waals surface area contributed by atoms with Crippen LogP contribution in [0.15, 0.2) is 48.5 Å². The Labute approximate surface area is 154 Å². The van der Waals surface area contributed by atoms with E-state index in [1.807, 2.05) is 24.3 Å². The zero-order valence-electron chi connectivity index (χ0n) is 14.5. The molecule has 0 bridgehead atoms. The van der Waals surface area contributed by atoms with Crippen LogP contribution in [0.3, 0.4) is 0 Å². The van der Waals surface area contributed by atoms with Crippen LogP contribution in [0, 0.1) is 5.82 Å². The summed E-state index contributed by atoms with van der Waals surface area (Å²) in [5.41, 5.74) is 1.52. The molecule has 2 heterocycles. The third-order valence-electron chi connectivity index (χ3n) is 4.54. The molecule has 8 nitrogen and oxygen atoms in total. The van der Waals surface area contributed by atoms with E-state index in [9.17, 15) is 9.18 Å². The molecule has 0 saturated carbocycles. The van der Waals surface area contributed by atoms with Crippen molar-refractivity contribution < 1.29 is 13.9 Å². The van der Waals surface area contributed by atoms with E-state index in [1.165, 1.54) is 24.3 Å². The highest BCUT2D eigenvalue weighted by Crippen LogP contribution is 2.37. The second kappa shape index (κ2) is 7.02. The number of urea groups is 1. The summed E-state index contributed by atoms with van der Waals surface area (Å²) in [7, 11) is 1.61. The van der Waals surface area contributed by atoms with Gasteiger partial charge in [-0.15, -0.1) is 5.10 Å². The Morgan fingerprint density at radius 3 is 2.63 bits per heavy atom. The standard InChI is InChI=1S/C18H17FN6O2/c1-27-14-8-2-11(3-9-14)15-10-25-17(22-23-24-25)16(15)21-18(26)20-13-6-4-12(19)5-7-13/h2-9,15-16H,10H2,1H3,(H2,20,21,26). The highest BCUT2D eigenvalue weighted by Gasteiger charge is 2.37. The van der Waals surface area contributed by atoms with E-state index < -0.39 is 12.1 Å². The molecule has 138 valence electrons. The summed E-state index contributed by atoms with van der Waals surface area (Å²) < 4.78 is 19.9. The van der Waals surface area contributed by atoms with Crippen molar-refractivity contribution in [2.45, 2.75) is 18.5 Å². The average molecular weight is 368 g/mol. The van der Waals surface area contributed by atoms with Crippen molar-refractivity contribution in [3.8, 4) is 5.75 Å². The number of nitrogens with zero attached hydrogens (tertiary/aromatic N) is 4. The van der Waals surface area contributed by atoms with Gasteiger partial charge in [-0.2, -0.15) is 0 Å². The molecule has 2 amide bonds. The molecule has 3 aromatic rings. The first-order chi connectivity index (χ1) is 13.1. The number of hydrogen-bond acceptors (Lipinski definition) is 5. The smallest absolute Gasteiger partial charge is 0.319 e. The normalized spacial score (nSPS) is 18.0. The Balaban J connectivity index is 1.53. The molecule has 0 saturated heterocycles. The summed E-state index contributed by atoms with van der Waals surface area (Å²) in [5.74, 6) is 0.932. The van der Waals surface area contributed by atoms with E-state index >= 15 is 0 Å². The summed E-state index contributed by atoms with van der Waals surface area (Å²) in [4.78, 5) is 12.4. The molecule has 27 heavy (non-hydrogen) atoms. The van der Waals surface area contributed by atoms with Crippen molar-refractivity contribution in [3.63, 3.8) is 0 Å². The van der Waals surface area contributed by atoms with Crippen LogP contribution in [-0.2, 0) is 6.54 Å². The Bertz CT molecular complexity index is 941. The zero-order chi connectivity index (χ0) is 18.8. The summed E-state index contributed by atoms with van der Waals surface area (Å²) >= 11 is 0. The van der Waals surface area contributed by atoms with Crippen molar-refractivity contribution in [3.05, 3.63) is 65.7 Å². The van der Waals surface area contributed by atoms with Gasteiger partial charge < -0.3 is 15.4 Å². The Hall–Kier alpha value is -3.49. The number of ether oxygens (including phenoxy) is 1. The van der Waals surface area contributed by atoms with Gasteiger partial charge in [-0.3, -0.25) is 0 Å². The summed E-state index contributed by atoms with van der Waals surface area (Å²) in [6.45, 7) is 0.552. The topological polar surface area (TPSA) is 94.0 Å². The zero-order valence-corrected chi connectivity index (χ0v) is 14.5. The summed E-state index contributed by atoms with van der Waals surface area (Å²) in [5, 5.41) is 17.3. The molecule has 2 unspecified atom stereocenters. The monoisotopic (exact) mass is 368 g/mol. The Morgan fingerprint density at radius 1 is 1.19 bits per heavy atom. The van der Waals surface area contributed by atoms with Crippen molar-refractivity contribution in [2.24, 2.45) is 0 Å². The molecule has 9 heteroatoms. The van der Waals surface area contributed by atoms with E-state index in [0.717, 1.165) is 11.3 Å². The predicted molar refractivity (Wildman–Crippen MR) is 94.8 cm³/mol. The molecule has 0 fully saturated rings. The molecule has 0 aliphatic carbocycles. The van der Waals surface area contributed by atoms with Crippen LogP contribution in [0.4, 0.5) is 14.9 Å². The van der Waals surface area contributed by atoms with Gasteiger partial charge in [-0.05, 0) is 52.4 Å². The van der Waals surface area contributed by atoms with Gasteiger partial charge in [0.15, 0.2) is 5.82 Å². The average Bonchev–Trinajstić information content (AvgIpc) is 3.26. The lowest BCUT2D eigenvalue weighted by atomic mass is 9.93. The molecule has 1 aromatic heterocycles. The number of hydrogen-bond donors (Lipinski definition) is 2. The minimum atomic E-state index is -0.415. The van der Waals surface area contributed by atoms with E-state index in [-0.39, 0.29) is 11.7 Å². The first-order valence-electron chi connectivity index (χ1n) is 8.37. The van der Waals surface area contributed by atoms with Crippen LogP contribution < -0.4 is 15.4 Å². The Kier molecular flexibility index (Phi) is 4.41. The van der Waals surface area contributed by atoms with E-state index in [0.29, 0.717) is 18.1 Å². The van der Waals surface area contributed by atoms with Gasteiger partial charge in [0.05, 0.1) is 13.7 Å². The molecule has 4 rings (SSSR count).